The molecule has 0 unspecified atom stereocenters. The van der Waals surface area contributed by atoms with Crippen molar-refractivity contribution in [3.8, 4) is 0 Å². The van der Waals surface area contributed by atoms with Crippen molar-refractivity contribution in [3.05, 3.63) is 0 Å². The Balaban J connectivity index is 1.52. The molecule has 4 rings (SSSR count). The van der Waals surface area contributed by atoms with Crippen molar-refractivity contribution < 1.29 is 4.74 Å². The SMILES string of the molecule is COCCNCC1C2CC3CC(C2)CC1C3. The highest BCUT2D eigenvalue weighted by molar-refractivity contribution is 4.98. The van der Waals surface area contributed by atoms with Gasteiger partial charge < -0.3 is 10.1 Å². The van der Waals surface area contributed by atoms with E-state index in [-0.39, 0.29) is 0 Å². The van der Waals surface area contributed by atoms with Gasteiger partial charge in [0.2, 0.25) is 0 Å². The Labute approximate surface area is 99.1 Å². The Hall–Kier alpha value is -0.0800. The number of hydrogen-bond acceptors (Lipinski definition) is 2. The number of methoxy groups -OCH3 is 1. The van der Waals surface area contributed by atoms with Crippen molar-refractivity contribution >= 4 is 0 Å². The second-order valence-corrected chi connectivity index (χ2v) is 6.29. The molecule has 0 amide bonds. The molecule has 4 bridgehead atoms. The summed E-state index contributed by atoms with van der Waals surface area (Å²) in [5.74, 6) is 5.33. The molecule has 0 aliphatic heterocycles. The Morgan fingerprint density at radius 1 is 1.00 bits per heavy atom. The van der Waals surface area contributed by atoms with E-state index in [1.54, 1.807) is 39.2 Å². The predicted octanol–water partition coefficient (Wildman–Crippen LogP) is 2.29. The highest BCUT2D eigenvalue weighted by Crippen LogP contribution is 2.56. The maximum Gasteiger partial charge on any atom is 0.0587 e. The number of rotatable bonds is 5. The number of hydrogen-bond donors (Lipinski definition) is 1. The molecule has 16 heavy (non-hydrogen) atoms. The van der Waals surface area contributed by atoms with Gasteiger partial charge in [-0.3, -0.25) is 0 Å². The van der Waals surface area contributed by atoms with Gasteiger partial charge in [-0.2, -0.15) is 0 Å². The molecule has 4 saturated carbocycles. The fourth-order valence-corrected chi connectivity index (χ4v) is 4.81. The van der Waals surface area contributed by atoms with Crippen LogP contribution in [-0.4, -0.2) is 26.8 Å². The summed E-state index contributed by atoms with van der Waals surface area (Å²) in [6.07, 6.45) is 7.75. The number of ether oxygens (including phenoxy) is 1. The molecule has 4 aliphatic carbocycles. The normalized spacial score (nSPS) is 45.2. The van der Waals surface area contributed by atoms with Crippen molar-refractivity contribution in [2.45, 2.75) is 32.1 Å². The minimum absolute atomic E-state index is 0.854. The van der Waals surface area contributed by atoms with Crippen LogP contribution in [-0.2, 0) is 4.74 Å². The fourth-order valence-electron chi connectivity index (χ4n) is 4.81. The van der Waals surface area contributed by atoms with Crippen LogP contribution in [0.15, 0.2) is 0 Å². The lowest BCUT2D eigenvalue weighted by atomic mass is 9.52. The third-order valence-electron chi connectivity index (χ3n) is 5.28. The smallest absolute Gasteiger partial charge is 0.0587 e. The molecule has 4 fully saturated rings. The van der Waals surface area contributed by atoms with E-state index < -0.39 is 0 Å². The molecule has 0 radical (unpaired) electrons. The summed E-state index contributed by atoms with van der Waals surface area (Å²) in [6.45, 7) is 3.13. The second-order valence-electron chi connectivity index (χ2n) is 6.29. The van der Waals surface area contributed by atoms with Crippen LogP contribution in [0.5, 0.6) is 0 Å². The maximum absolute atomic E-state index is 5.09. The third kappa shape index (κ3) is 2.02. The van der Waals surface area contributed by atoms with E-state index in [2.05, 4.69) is 5.32 Å². The molecule has 0 aromatic heterocycles. The van der Waals surface area contributed by atoms with Gasteiger partial charge >= 0.3 is 0 Å². The van der Waals surface area contributed by atoms with E-state index in [0.29, 0.717) is 0 Å². The van der Waals surface area contributed by atoms with E-state index in [9.17, 15) is 0 Å². The molecule has 0 aromatic rings. The zero-order chi connectivity index (χ0) is 11.0. The molecule has 0 saturated heterocycles. The molecular formula is C14H25NO. The molecule has 0 aromatic carbocycles. The van der Waals surface area contributed by atoms with Crippen LogP contribution in [0.1, 0.15) is 32.1 Å². The Bertz CT molecular complexity index is 213. The number of nitrogens with one attached hydrogen (secondary N) is 1. The molecule has 0 atom stereocenters. The minimum atomic E-state index is 0.854. The highest BCUT2D eigenvalue weighted by Gasteiger charge is 2.47. The summed E-state index contributed by atoms with van der Waals surface area (Å²) >= 11 is 0. The van der Waals surface area contributed by atoms with E-state index in [4.69, 9.17) is 4.74 Å². The lowest BCUT2D eigenvalue weighted by molar-refractivity contribution is -0.0357. The largest absolute Gasteiger partial charge is 0.383 e. The molecule has 2 nitrogen and oxygen atoms in total. The monoisotopic (exact) mass is 223 g/mol. The van der Waals surface area contributed by atoms with Gasteiger partial charge in [0, 0.05) is 13.7 Å². The average molecular weight is 223 g/mol. The first-order valence-electron chi connectivity index (χ1n) is 7.06. The van der Waals surface area contributed by atoms with Crippen LogP contribution >= 0.6 is 0 Å². The van der Waals surface area contributed by atoms with Crippen LogP contribution in [0.4, 0.5) is 0 Å². The minimum Gasteiger partial charge on any atom is -0.383 e. The van der Waals surface area contributed by atoms with Crippen molar-refractivity contribution in [1.29, 1.82) is 0 Å². The summed E-state index contributed by atoms with van der Waals surface area (Å²) < 4.78 is 5.09. The first-order chi connectivity index (χ1) is 7.86. The topological polar surface area (TPSA) is 21.3 Å². The molecule has 2 heteroatoms. The molecular weight excluding hydrogens is 198 g/mol. The van der Waals surface area contributed by atoms with Gasteiger partial charge in [-0.1, -0.05) is 0 Å². The summed E-state index contributed by atoms with van der Waals surface area (Å²) in [5.41, 5.74) is 0. The summed E-state index contributed by atoms with van der Waals surface area (Å²) in [5, 5.41) is 3.59. The molecule has 92 valence electrons. The van der Waals surface area contributed by atoms with E-state index >= 15 is 0 Å². The van der Waals surface area contributed by atoms with Crippen LogP contribution in [0.2, 0.25) is 0 Å². The standard InChI is InChI=1S/C14H25NO/c1-16-3-2-15-9-14-12-5-10-4-11(7-12)8-13(14)6-10/h10-15H,2-9H2,1H3. The van der Waals surface area contributed by atoms with Gasteiger partial charge in [0.1, 0.15) is 0 Å². The molecule has 4 aliphatic rings. The van der Waals surface area contributed by atoms with Crippen LogP contribution < -0.4 is 5.32 Å². The van der Waals surface area contributed by atoms with Crippen LogP contribution in [0.3, 0.4) is 0 Å². The van der Waals surface area contributed by atoms with Gasteiger partial charge in [-0.05, 0) is 68.2 Å². The Morgan fingerprint density at radius 3 is 2.19 bits per heavy atom. The predicted molar refractivity (Wildman–Crippen MR) is 65.3 cm³/mol. The van der Waals surface area contributed by atoms with E-state index in [1.807, 2.05) is 0 Å². The van der Waals surface area contributed by atoms with Gasteiger partial charge in [0.05, 0.1) is 6.61 Å². The fraction of sp³-hybridized carbons (Fsp3) is 1.00. The summed E-state index contributed by atoms with van der Waals surface area (Å²) in [6, 6.07) is 0. The maximum atomic E-state index is 5.09. The van der Waals surface area contributed by atoms with Gasteiger partial charge in [-0.25, -0.2) is 0 Å². The first-order valence-corrected chi connectivity index (χ1v) is 7.06. The first kappa shape index (κ1) is 11.0. The van der Waals surface area contributed by atoms with Crippen LogP contribution in [0.25, 0.3) is 0 Å². The lowest BCUT2D eigenvalue weighted by Crippen LogP contribution is -2.48. The van der Waals surface area contributed by atoms with Crippen molar-refractivity contribution in [2.24, 2.45) is 29.6 Å². The Kier molecular flexibility index (Phi) is 3.21. The van der Waals surface area contributed by atoms with E-state index in [0.717, 1.165) is 42.7 Å². The zero-order valence-electron chi connectivity index (χ0n) is 10.5. The van der Waals surface area contributed by atoms with Gasteiger partial charge in [0.25, 0.3) is 0 Å². The molecule has 0 heterocycles. The van der Waals surface area contributed by atoms with Crippen molar-refractivity contribution in [2.75, 3.05) is 26.8 Å². The van der Waals surface area contributed by atoms with Gasteiger partial charge in [0.15, 0.2) is 0 Å². The summed E-state index contributed by atoms with van der Waals surface area (Å²) in [4.78, 5) is 0. The van der Waals surface area contributed by atoms with Crippen molar-refractivity contribution in [3.63, 3.8) is 0 Å². The van der Waals surface area contributed by atoms with Crippen molar-refractivity contribution in [1.82, 2.24) is 5.32 Å². The van der Waals surface area contributed by atoms with Gasteiger partial charge in [-0.15, -0.1) is 0 Å². The molecule has 0 spiro atoms. The van der Waals surface area contributed by atoms with E-state index in [1.165, 1.54) is 6.54 Å². The summed E-state index contributed by atoms with van der Waals surface area (Å²) in [7, 11) is 1.78. The average Bonchev–Trinajstić information content (AvgIpc) is 2.26. The second kappa shape index (κ2) is 4.66. The van der Waals surface area contributed by atoms with Crippen LogP contribution in [0, 0.1) is 29.6 Å². The Morgan fingerprint density at radius 2 is 1.62 bits per heavy atom. The highest BCUT2D eigenvalue weighted by atomic mass is 16.5. The lowest BCUT2D eigenvalue weighted by Gasteiger charge is -2.54. The molecule has 1 N–H and O–H groups in total. The quantitative estimate of drug-likeness (QED) is 0.722. The third-order valence-corrected chi connectivity index (χ3v) is 5.28. The zero-order valence-corrected chi connectivity index (χ0v) is 10.5.